The summed E-state index contributed by atoms with van der Waals surface area (Å²) in [4.78, 5) is 131. The summed E-state index contributed by atoms with van der Waals surface area (Å²) in [6, 6.07) is 23.3. The summed E-state index contributed by atoms with van der Waals surface area (Å²) in [7, 11) is -3.00. The van der Waals surface area contributed by atoms with E-state index in [4.69, 9.17) is 51.5 Å². The molecule has 3 aromatic carbocycles. The standard InChI is InChI=1S/C79H97NO21Si/c1-43(2)36-55(80-73(89)100-74(7,8)9)64(101-102(16,17)75(10,11)12)72(88)95-58-40-79(90)68(98-70(86)47-24-19-18-20-25-47)66-77(15,67(84)65(97-69(85)48-29-30-48)63(45(58)5)76(79,13)14)59(39-60-78(66,42-93-60)99-46(6)81)96-61(83)28-23-35-91-50-32-34-54-57(38-50)94-56-37-49(82)31-33-53(56)62(54)51-26-21-22-27-52(51)71(87)92-41-44(3)4/h18-22,24-27,31-34,36-38,44,48,55,58-60,64-66,68,90H,23,28-30,35,39-42H2,1-17H3,(H,80,89)/t55-,58-,59-,60+,64+,65+,66-,68-,77+,78-,79+/m0/s1. The van der Waals surface area contributed by atoms with Gasteiger partial charge in [0.15, 0.2) is 37.3 Å². The van der Waals surface area contributed by atoms with E-state index >= 15 is 14.4 Å². The third kappa shape index (κ3) is 15.3. The van der Waals surface area contributed by atoms with Gasteiger partial charge in [0.25, 0.3) is 0 Å². The highest BCUT2D eigenvalue weighted by Crippen LogP contribution is 2.65. The Kier molecular flexibility index (Phi) is 21.6. The number of alkyl carbamates (subject to hydrolysis) is 1. The lowest BCUT2D eigenvalue weighted by atomic mass is 9.44. The molecule has 0 unspecified atom stereocenters. The Bertz CT molecular complexity index is 4170. The highest BCUT2D eigenvalue weighted by molar-refractivity contribution is 6.74. The normalized spacial score (nSPS) is 25.2. The number of fused-ring (bicyclic) bond motifs is 7. The van der Waals surface area contributed by atoms with E-state index < -0.39 is 156 Å². The second-order valence-corrected chi connectivity index (χ2v) is 36.5. The first-order chi connectivity index (χ1) is 47.7. The number of aliphatic hydroxyl groups is 1. The van der Waals surface area contributed by atoms with Crippen LogP contribution in [0.25, 0.3) is 33.4 Å². The Hall–Kier alpha value is -8.51. The maximum absolute atomic E-state index is 17.0. The zero-order valence-electron chi connectivity index (χ0n) is 61.5. The third-order valence-corrected chi connectivity index (χ3v) is 25.4. The summed E-state index contributed by atoms with van der Waals surface area (Å²) >= 11 is 0. The number of nitrogens with one attached hydrogen (secondary N) is 1. The molecule has 1 saturated heterocycles. The van der Waals surface area contributed by atoms with Gasteiger partial charge in [-0.3, -0.25) is 24.0 Å². The van der Waals surface area contributed by atoms with Crippen LogP contribution >= 0.6 is 0 Å². The zero-order valence-corrected chi connectivity index (χ0v) is 62.5. The van der Waals surface area contributed by atoms with Crippen molar-refractivity contribution >= 4 is 67.0 Å². The van der Waals surface area contributed by atoms with Crippen LogP contribution in [0.5, 0.6) is 5.75 Å². The van der Waals surface area contributed by atoms with Gasteiger partial charge in [-0.2, -0.15) is 0 Å². The largest absolute Gasteiger partial charge is 0.493 e. The average Bonchev–Trinajstić information content (AvgIpc) is 0.668. The number of ether oxygens (including phenoxy) is 9. The first-order valence-electron chi connectivity index (χ1n) is 35.1. The molecule has 0 radical (unpaired) electrons. The van der Waals surface area contributed by atoms with E-state index in [1.807, 2.05) is 47.7 Å². The molecule has 1 amide bonds. The van der Waals surface area contributed by atoms with Crippen molar-refractivity contribution in [3.8, 4) is 28.2 Å². The van der Waals surface area contributed by atoms with E-state index in [2.05, 4.69) is 5.32 Å². The maximum Gasteiger partial charge on any atom is 0.408 e. The number of ketones is 1. The minimum atomic E-state index is -3.00. The van der Waals surface area contributed by atoms with E-state index in [0.29, 0.717) is 57.4 Å². The van der Waals surface area contributed by atoms with E-state index in [1.165, 1.54) is 31.2 Å². The Morgan fingerprint density at radius 2 is 1.50 bits per heavy atom. The van der Waals surface area contributed by atoms with Crippen molar-refractivity contribution in [2.24, 2.45) is 28.6 Å². The van der Waals surface area contributed by atoms with Crippen molar-refractivity contribution in [1.29, 1.82) is 0 Å². The number of hydrogen-bond donors (Lipinski definition) is 2. The highest BCUT2D eigenvalue weighted by Gasteiger charge is 2.79. The molecule has 3 saturated carbocycles. The number of amides is 1. The van der Waals surface area contributed by atoms with Crippen molar-refractivity contribution in [2.75, 3.05) is 19.8 Å². The predicted octanol–water partition coefficient (Wildman–Crippen LogP) is 12.9. The molecule has 10 rings (SSSR count). The van der Waals surface area contributed by atoms with Crippen molar-refractivity contribution < 1.29 is 94.9 Å². The van der Waals surface area contributed by atoms with Crippen LogP contribution in [0.4, 0.5) is 4.79 Å². The first-order valence-corrected chi connectivity index (χ1v) is 38.0. The molecule has 3 aromatic rings. The fraction of sp³-hybridized carbons (Fsp3) is 0.532. The van der Waals surface area contributed by atoms with Gasteiger partial charge >= 0.3 is 41.9 Å². The van der Waals surface area contributed by atoms with Gasteiger partial charge in [-0.25, -0.2) is 19.2 Å². The van der Waals surface area contributed by atoms with Crippen molar-refractivity contribution in [1.82, 2.24) is 5.32 Å². The lowest BCUT2D eigenvalue weighted by Gasteiger charge is -2.67. The molecule has 0 spiro atoms. The van der Waals surface area contributed by atoms with Crippen LogP contribution < -0.4 is 15.5 Å². The van der Waals surface area contributed by atoms with Crippen molar-refractivity contribution in [3.05, 3.63) is 135 Å². The van der Waals surface area contributed by atoms with Crippen LogP contribution in [0.1, 0.15) is 163 Å². The molecule has 2 N–H and O–H groups in total. The summed E-state index contributed by atoms with van der Waals surface area (Å²) in [6.07, 6.45) is -9.04. The number of carbonyl (C=O) groups excluding carboxylic acids is 8. The van der Waals surface area contributed by atoms with Crippen LogP contribution in [-0.2, 0) is 66.3 Å². The van der Waals surface area contributed by atoms with Crippen molar-refractivity contribution in [3.63, 3.8) is 0 Å². The number of esters is 6. The van der Waals surface area contributed by atoms with Gasteiger partial charge in [0.2, 0.25) is 0 Å². The molecule has 2 heterocycles. The molecular weight excluding hydrogens is 1330 g/mol. The van der Waals surface area contributed by atoms with Gasteiger partial charge in [-0.1, -0.05) is 96.5 Å². The van der Waals surface area contributed by atoms with Crippen molar-refractivity contribution in [2.45, 2.75) is 220 Å². The SMILES string of the molecule is CC(=O)O[C@@]12CO[C@@H]1C[C@H](OC(=O)CCCOc1ccc3c(-c4ccccc4C(=O)OCC(C)C)c4ccc(=O)cc-4oc3c1)[C@@]1(C)C(=O)[C@H](OC(=O)C3CC3)C3=C(C)[C@@H](OC(=O)[C@H](O[Si](C)(C)C(C)(C)C)[C@H](C=C(C)C)NC(=O)OC(C)(C)C)C[C@@](O)([C@@H](OC(=O)c4ccccc4)[C@H]21)C3(C)C. The predicted molar refractivity (Wildman–Crippen MR) is 379 cm³/mol. The number of benzene rings is 4. The average molecular weight is 1420 g/mol. The Morgan fingerprint density at radius 3 is 2.13 bits per heavy atom. The summed E-state index contributed by atoms with van der Waals surface area (Å²) in [6.45, 7) is 29.6. The zero-order chi connectivity index (χ0) is 74.6. The van der Waals surface area contributed by atoms with Gasteiger partial charge in [-0.15, -0.1) is 0 Å². The molecular formula is C79H97NO21Si. The number of allylic oxidation sites excluding steroid dienone is 1. The topological polar surface area (TPSA) is 291 Å². The Labute approximate surface area is 596 Å². The molecule has 2 aliphatic heterocycles. The molecule has 0 aromatic heterocycles. The molecule has 5 aliphatic carbocycles. The minimum Gasteiger partial charge on any atom is -0.493 e. The smallest absolute Gasteiger partial charge is 0.408 e. The lowest BCUT2D eigenvalue weighted by molar-refractivity contribution is -0.346. The van der Waals surface area contributed by atoms with Crippen LogP contribution in [-0.4, -0.2) is 140 Å². The van der Waals surface area contributed by atoms with Gasteiger partial charge in [0.05, 0.1) is 54.2 Å². The molecule has 23 heteroatoms. The van der Waals surface area contributed by atoms with E-state index in [0.717, 1.165) is 6.92 Å². The number of carbonyl (C=O) groups is 8. The minimum absolute atomic E-state index is 0.00602. The summed E-state index contributed by atoms with van der Waals surface area (Å²) in [5.41, 5.74) is -6.32. The second kappa shape index (κ2) is 29.0. The van der Waals surface area contributed by atoms with Gasteiger partial charge < -0.3 is 61.9 Å². The fourth-order valence-electron chi connectivity index (χ4n) is 14.6. The number of Topliss-reactive ketones (excluding diaryl/α,β-unsaturated/α-hetero) is 1. The van der Waals surface area contributed by atoms with Crippen LogP contribution in [0, 0.1) is 28.6 Å². The Morgan fingerprint density at radius 1 is 0.814 bits per heavy atom. The maximum atomic E-state index is 17.0. The van der Waals surface area contributed by atoms with Crippen LogP contribution in [0.2, 0.25) is 18.1 Å². The summed E-state index contributed by atoms with van der Waals surface area (Å²) in [5, 5.41) is 17.6. The highest BCUT2D eigenvalue weighted by atomic mass is 28.4. The van der Waals surface area contributed by atoms with Gasteiger partial charge in [0.1, 0.15) is 52.7 Å². The second-order valence-electron chi connectivity index (χ2n) is 31.7. The third-order valence-electron chi connectivity index (χ3n) is 20.9. The molecule has 11 atom stereocenters. The quantitative estimate of drug-likeness (QED) is 0.0162. The Balaban J connectivity index is 1.04. The van der Waals surface area contributed by atoms with E-state index in [-0.39, 0.29) is 66.3 Å². The fourth-order valence-corrected chi connectivity index (χ4v) is 15.8. The van der Waals surface area contributed by atoms with E-state index in [1.54, 1.807) is 128 Å². The number of rotatable bonds is 22. The lowest BCUT2D eigenvalue weighted by Crippen LogP contribution is -2.82. The monoisotopic (exact) mass is 1420 g/mol. The molecule has 2 bridgehead atoms. The molecule has 102 heavy (non-hydrogen) atoms. The molecule has 7 aliphatic rings. The molecule has 548 valence electrons. The van der Waals surface area contributed by atoms with Crippen LogP contribution in [0.3, 0.4) is 0 Å². The molecule has 22 nitrogen and oxygen atoms in total. The number of hydrogen-bond acceptors (Lipinski definition) is 21. The summed E-state index contributed by atoms with van der Waals surface area (Å²) in [5.74, 6) is -7.32. The first kappa shape index (κ1) is 76.1. The van der Waals surface area contributed by atoms with Crippen LogP contribution in [0.15, 0.2) is 123 Å². The van der Waals surface area contributed by atoms with Gasteiger partial charge in [-0.05, 0) is 151 Å². The molecule has 4 fully saturated rings. The summed E-state index contributed by atoms with van der Waals surface area (Å²) < 4.78 is 70.2. The van der Waals surface area contributed by atoms with Gasteiger partial charge in [0, 0.05) is 60.2 Å². The van der Waals surface area contributed by atoms with E-state index in [9.17, 15) is 33.9 Å².